The second kappa shape index (κ2) is 6.79. The van der Waals surface area contributed by atoms with Crippen LogP contribution in [0, 0.1) is 0 Å². The lowest BCUT2D eigenvalue weighted by Crippen LogP contribution is -2.51. The van der Waals surface area contributed by atoms with Crippen LogP contribution in [0.3, 0.4) is 0 Å². The number of hydrogen-bond acceptors (Lipinski definition) is 3. The van der Waals surface area contributed by atoms with Crippen molar-refractivity contribution in [3.63, 3.8) is 0 Å². The molecule has 1 rings (SSSR count). The molecule has 0 amide bonds. The molecule has 17 heavy (non-hydrogen) atoms. The van der Waals surface area contributed by atoms with E-state index in [1.54, 1.807) is 0 Å². The zero-order chi connectivity index (χ0) is 12.7. The zero-order valence-electron chi connectivity index (χ0n) is 11.0. The third-order valence-electron chi connectivity index (χ3n) is 2.60. The van der Waals surface area contributed by atoms with E-state index in [1.165, 1.54) is 0 Å². The summed E-state index contributed by atoms with van der Waals surface area (Å²) in [5.41, 5.74) is 6.48. The van der Waals surface area contributed by atoms with Gasteiger partial charge in [-0.25, -0.2) is 0 Å². The average Bonchev–Trinajstić information content (AvgIpc) is 2.34. The first kappa shape index (κ1) is 14.2. The van der Waals surface area contributed by atoms with Crippen molar-refractivity contribution in [3.05, 3.63) is 24.3 Å². The maximum atomic E-state index is 5.98. The van der Waals surface area contributed by atoms with E-state index in [9.17, 15) is 0 Å². The molecule has 0 saturated carbocycles. The van der Waals surface area contributed by atoms with Crippen LogP contribution in [0.15, 0.2) is 24.3 Å². The van der Waals surface area contributed by atoms with E-state index < -0.39 is 8.56 Å². The van der Waals surface area contributed by atoms with Gasteiger partial charge < -0.3 is 14.6 Å². The highest BCUT2D eigenvalue weighted by Crippen LogP contribution is 2.11. The Balaban J connectivity index is 2.83. The van der Waals surface area contributed by atoms with Gasteiger partial charge in [0, 0.05) is 18.9 Å². The predicted molar refractivity (Wildman–Crippen MR) is 74.6 cm³/mol. The standard InChI is InChI=1S/C13H23NO2Si/c1-4-10-15-17(3,16-11-5-2)13-8-6-12(14)7-9-13/h6-9H,4-5,10-11,14H2,1-3H3. The molecule has 4 heteroatoms. The van der Waals surface area contributed by atoms with Gasteiger partial charge in [0.15, 0.2) is 0 Å². The molecule has 0 aliphatic heterocycles. The smallest absolute Gasteiger partial charge is 0.369 e. The Morgan fingerprint density at radius 3 is 1.88 bits per heavy atom. The quantitative estimate of drug-likeness (QED) is 0.599. The van der Waals surface area contributed by atoms with Crippen LogP contribution in [-0.2, 0) is 8.85 Å². The number of rotatable bonds is 7. The van der Waals surface area contributed by atoms with E-state index in [-0.39, 0.29) is 0 Å². The third kappa shape index (κ3) is 4.15. The van der Waals surface area contributed by atoms with Crippen LogP contribution >= 0.6 is 0 Å². The second-order valence-corrected chi connectivity index (χ2v) is 7.31. The van der Waals surface area contributed by atoms with Gasteiger partial charge in [-0.15, -0.1) is 0 Å². The molecular formula is C13H23NO2Si. The van der Waals surface area contributed by atoms with Crippen molar-refractivity contribution in [2.24, 2.45) is 0 Å². The van der Waals surface area contributed by atoms with Crippen molar-refractivity contribution < 1.29 is 8.85 Å². The molecule has 0 radical (unpaired) electrons. The molecule has 0 aliphatic rings. The van der Waals surface area contributed by atoms with Gasteiger partial charge in [0.2, 0.25) is 0 Å². The van der Waals surface area contributed by atoms with E-state index >= 15 is 0 Å². The molecule has 1 aromatic carbocycles. The molecule has 96 valence electrons. The lowest BCUT2D eigenvalue weighted by Gasteiger charge is -2.27. The normalized spacial score (nSPS) is 11.7. The highest BCUT2D eigenvalue weighted by Gasteiger charge is 2.33. The van der Waals surface area contributed by atoms with Crippen LogP contribution in [-0.4, -0.2) is 21.8 Å². The van der Waals surface area contributed by atoms with E-state index in [4.69, 9.17) is 14.6 Å². The Morgan fingerprint density at radius 1 is 1.00 bits per heavy atom. The number of anilines is 1. The molecule has 0 atom stereocenters. The van der Waals surface area contributed by atoms with Gasteiger partial charge in [-0.05, 0) is 36.7 Å². The molecule has 0 aromatic heterocycles. The third-order valence-corrected chi connectivity index (χ3v) is 5.49. The predicted octanol–water partition coefficient (Wildman–Crippen LogP) is 2.40. The number of hydrogen-bond donors (Lipinski definition) is 1. The van der Waals surface area contributed by atoms with Gasteiger partial charge in [0.1, 0.15) is 0 Å². The van der Waals surface area contributed by atoms with Gasteiger partial charge in [0.25, 0.3) is 0 Å². The summed E-state index contributed by atoms with van der Waals surface area (Å²) in [6.07, 6.45) is 2.01. The zero-order valence-corrected chi connectivity index (χ0v) is 12.0. The molecule has 0 bridgehead atoms. The maximum absolute atomic E-state index is 5.98. The molecule has 0 fully saturated rings. The molecule has 0 spiro atoms. The number of nitrogens with two attached hydrogens (primary N) is 1. The highest BCUT2D eigenvalue weighted by atomic mass is 28.4. The van der Waals surface area contributed by atoms with Gasteiger partial charge in [-0.3, -0.25) is 0 Å². The van der Waals surface area contributed by atoms with Gasteiger partial charge >= 0.3 is 8.56 Å². The van der Waals surface area contributed by atoms with Crippen LogP contribution in [0.1, 0.15) is 26.7 Å². The highest BCUT2D eigenvalue weighted by molar-refractivity contribution is 6.79. The van der Waals surface area contributed by atoms with E-state index in [0.717, 1.165) is 36.9 Å². The van der Waals surface area contributed by atoms with Crippen LogP contribution in [0.5, 0.6) is 0 Å². The summed E-state index contributed by atoms with van der Waals surface area (Å²) in [4.78, 5) is 0. The minimum Gasteiger partial charge on any atom is -0.399 e. The average molecular weight is 253 g/mol. The topological polar surface area (TPSA) is 44.5 Å². The maximum Gasteiger partial charge on any atom is 0.369 e. The summed E-state index contributed by atoms with van der Waals surface area (Å²) in [5, 5.41) is 1.15. The van der Waals surface area contributed by atoms with Crippen molar-refractivity contribution in [1.29, 1.82) is 0 Å². The van der Waals surface area contributed by atoms with Gasteiger partial charge in [-0.2, -0.15) is 0 Å². The second-order valence-electron chi connectivity index (χ2n) is 4.26. The molecular weight excluding hydrogens is 230 g/mol. The number of benzene rings is 1. The first-order valence-electron chi connectivity index (χ1n) is 6.26. The largest absolute Gasteiger partial charge is 0.399 e. The first-order valence-corrected chi connectivity index (χ1v) is 8.58. The minimum absolute atomic E-state index is 0.747. The molecule has 0 heterocycles. The fraction of sp³-hybridized carbons (Fsp3) is 0.538. The molecule has 0 aliphatic carbocycles. The Labute approximate surface area is 105 Å². The summed E-state index contributed by atoms with van der Waals surface area (Å²) >= 11 is 0. The summed E-state index contributed by atoms with van der Waals surface area (Å²) in [6, 6.07) is 7.86. The Morgan fingerprint density at radius 2 is 1.47 bits per heavy atom. The fourth-order valence-corrected chi connectivity index (χ4v) is 3.96. The van der Waals surface area contributed by atoms with Crippen molar-refractivity contribution in [2.75, 3.05) is 18.9 Å². The SMILES string of the molecule is CCCO[Si](C)(OCCC)c1ccc(N)cc1. The summed E-state index contributed by atoms with van der Waals surface area (Å²) in [6.45, 7) is 7.81. The monoisotopic (exact) mass is 253 g/mol. The molecule has 3 nitrogen and oxygen atoms in total. The van der Waals surface area contributed by atoms with Gasteiger partial charge in [-0.1, -0.05) is 26.0 Å². The van der Waals surface area contributed by atoms with Crippen LogP contribution in [0.2, 0.25) is 6.55 Å². The van der Waals surface area contributed by atoms with Crippen LogP contribution < -0.4 is 10.9 Å². The minimum atomic E-state index is -2.25. The molecule has 0 unspecified atom stereocenters. The summed E-state index contributed by atoms with van der Waals surface area (Å²) in [5.74, 6) is 0. The van der Waals surface area contributed by atoms with Crippen molar-refractivity contribution in [3.8, 4) is 0 Å². The van der Waals surface area contributed by atoms with E-state index in [1.807, 2.05) is 24.3 Å². The van der Waals surface area contributed by atoms with E-state index in [2.05, 4.69) is 20.4 Å². The van der Waals surface area contributed by atoms with Crippen LogP contribution in [0.25, 0.3) is 0 Å². The number of nitrogen functional groups attached to an aromatic ring is 1. The lowest BCUT2D eigenvalue weighted by molar-refractivity contribution is 0.185. The molecule has 1 aromatic rings. The Kier molecular flexibility index (Phi) is 5.68. The summed E-state index contributed by atoms with van der Waals surface area (Å²) < 4.78 is 12.0. The van der Waals surface area contributed by atoms with Crippen molar-refractivity contribution in [2.45, 2.75) is 33.2 Å². The van der Waals surface area contributed by atoms with Crippen molar-refractivity contribution >= 4 is 19.4 Å². The van der Waals surface area contributed by atoms with Crippen LogP contribution in [0.4, 0.5) is 5.69 Å². The first-order chi connectivity index (χ1) is 8.12. The van der Waals surface area contributed by atoms with Gasteiger partial charge in [0.05, 0.1) is 0 Å². The summed E-state index contributed by atoms with van der Waals surface area (Å²) in [7, 11) is -2.25. The van der Waals surface area contributed by atoms with E-state index in [0.29, 0.717) is 0 Å². The Hall–Kier alpha value is -0.843. The van der Waals surface area contributed by atoms with Crippen molar-refractivity contribution in [1.82, 2.24) is 0 Å². The fourth-order valence-electron chi connectivity index (χ4n) is 1.59. The Bertz CT molecular complexity index is 319. The lowest BCUT2D eigenvalue weighted by atomic mass is 10.3. The molecule has 0 saturated heterocycles. The molecule has 2 N–H and O–H groups in total.